The summed E-state index contributed by atoms with van der Waals surface area (Å²) in [5, 5.41) is 5.10. The van der Waals surface area contributed by atoms with E-state index in [2.05, 4.69) is 10.1 Å². The molecular weight excluding hydrogens is 292 g/mol. The van der Waals surface area contributed by atoms with Gasteiger partial charge in [0.1, 0.15) is 6.10 Å². The second-order valence-electron chi connectivity index (χ2n) is 5.80. The van der Waals surface area contributed by atoms with Crippen molar-refractivity contribution >= 4 is 23.1 Å². The molecule has 23 heavy (non-hydrogen) atoms. The Morgan fingerprint density at radius 1 is 1.39 bits per heavy atom. The minimum atomic E-state index is -0.110. The maximum absolute atomic E-state index is 11.4. The van der Waals surface area contributed by atoms with E-state index in [4.69, 9.17) is 9.57 Å². The van der Waals surface area contributed by atoms with Crippen LogP contribution in [0.1, 0.15) is 31.7 Å². The molecule has 1 aliphatic carbocycles. The van der Waals surface area contributed by atoms with Crippen molar-refractivity contribution in [2.75, 3.05) is 6.61 Å². The van der Waals surface area contributed by atoms with Crippen molar-refractivity contribution in [1.82, 2.24) is 4.98 Å². The Morgan fingerprint density at radius 2 is 2.22 bits per heavy atom. The molecule has 5 nitrogen and oxygen atoms in total. The number of ether oxygens (including phenoxy) is 1. The summed E-state index contributed by atoms with van der Waals surface area (Å²) in [6.45, 7) is 2.28. The van der Waals surface area contributed by atoms with Crippen molar-refractivity contribution < 1.29 is 14.4 Å². The first kappa shape index (κ1) is 15.5. The maximum atomic E-state index is 11.4. The van der Waals surface area contributed by atoms with E-state index in [0.29, 0.717) is 13.0 Å². The van der Waals surface area contributed by atoms with Crippen LogP contribution in [-0.4, -0.2) is 29.9 Å². The highest BCUT2D eigenvalue weighted by Crippen LogP contribution is 2.30. The van der Waals surface area contributed by atoms with Crippen molar-refractivity contribution in [2.45, 2.75) is 32.3 Å². The predicted octanol–water partition coefficient (Wildman–Crippen LogP) is 3.32. The molecule has 0 spiro atoms. The van der Waals surface area contributed by atoms with Crippen molar-refractivity contribution in [2.24, 2.45) is 11.1 Å². The minimum Gasteiger partial charge on any atom is -0.465 e. The van der Waals surface area contributed by atoms with Crippen LogP contribution in [0.25, 0.3) is 10.9 Å². The number of nitrogens with zero attached hydrogens (tertiary/aromatic N) is 2. The SMILES string of the molecule is CC(CCOC(=O)C1CC1)O/N=C/c1cccc2cccnc12. The lowest BCUT2D eigenvalue weighted by atomic mass is 10.1. The molecule has 3 rings (SSSR count). The molecule has 1 aliphatic rings. The Balaban J connectivity index is 1.48. The minimum absolute atomic E-state index is 0.0810. The molecule has 1 fully saturated rings. The fourth-order valence-electron chi connectivity index (χ4n) is 2.24. The molecule has 1 atom stereocenters. The summed E-state index contributed by atoms with van der Waals surface area (Å²) >= 11 is 0. The molecule has 1 saturated carbocycles. The van der Waals surface area contributed by atoms with Gasteiger partial charge >= 0.3 is 5.97 Å². The number of aromatic nitrogens is 1. The van der Waals surface area contributed by atoms with Gasteiger partial charge in [-0.2, -0.15) is 0 Å². The molecule has 1 aromatic heterocycles. The zero-order chi connectivity index (χ0) is 16.1. The van der Waals surface area contributed by atoms with Crippen LogP contribution in [0.4, 0.5) is 0 Å². The van der Waals surface area contributed by atoms with Gasteiger partial charge in [-0.05, 0) is 25.8 Å². The summed E-state index contributed by atoms with van der Waals surface area (Å²) in [4.78, 5) is 21.2. The summed E-state index contributed by atoms with van der Waals surface area (Å²) in [5.74, 6) is 0.0608. The Labute approximate surface area is 135 Å². The number of esters is 1. The monoisotopic (exact) mass is 312 g/mol. The molecule has 1 aromatic carbocycles. The van der Waals surface area contributed by atoms with E-state index < -0.39 is 0 Å². The van der Waals surface area contributed by atoms with Gasteiger partial charge in [0.2, 0.25) is 0 Å². The van der Waals surface area contributed by atoms with E-state index in [1.165, 1.54) is 0 Å². The van der Waals surface area contributed by atoms with Gasteiger partial charge in [-0.15, -0.1) is 0 Å². The number of carbonyl (C=O) groups excluding carboxylic acids is 1. The molecular formula is C18H20N2O3. The van der Waals surface area contributed by atoms with Gasteiger partial charge < -0.3 is 9.57 Å². The lowest BCUT2D eigenvalue weighted by Crippen LogP contribution is -2.13. The smallest absolute Gasteiger partial charge is 0.308 e. The average molecular weight is 312 g/mol. The van der Waals surface area contributed by atoms with Crippen molar-refractivity contribution in [3.8, 4) is 0 Å². The van der Waals surface area contributed by atoms with Gasteiger partial charge in [0.15, 0.2) is 0 Å². The summed E-state index contributed by atoms with van der Waals surface area (Å²) in [6, 6.07) is 9.84. The second-order valence-corrected chi connectivity index (χ2v) is 5.80. The number of pyridine rings is 1. The Bertz CT molecular complexity index is 705. The van der Waals surface area contributed by atoms with Gasteiger partial charge in [0.05, 0.1) is 24.3 Å². The zero-order valence-electron chi connectivity index (χ0n) is 13.1. The molecule has 120 valence electrons. The number of rotatable bonds is 7. The van der Waals surface area contributed by atoms with Gasteiger partial charge in [-0.3, -0.25) is 9.78 Å². The third-order valence-electron chi connectivity index (χ3n) is 3.78. The standard InChI is InChI=1S/C18H20N2O3/c1-13(9-11-22-18(21)15-7-8-15)23-20-12-16-5-2-4-14-6-3-10-19-17(14)16/h2-6,10,12-13,15H,7-9,11H2,1H3/b20-12+. The first-order valence-electron chi connectivity index (χ1n) is 7.93. The highest BCUT2D eigenvalue weighted by atomic mass is 16.6. The molecule has 0 bridgehead atoms. The molecule has 1 heterocycles. The van der Waals surface area contributed by atoms with Crippen molar-refractivity contribution in [3.05, 3.63) is 42.1 Å². The highest BCUT2D eigenvalue weighted by Gasteiger charge is 2.31. The van der Waals surface area contributed by atoms with Gasteiger partial charge in [-0.25, -0.2) is 0 Å². The van der Waals surface area contributed by atoms with Crippen LogP contribution in [0.3, 0.4) is 0 Å². The van der Waals surface area contributed by atoms with Gasteiger partial charge in [0, 0.05) is 23.6 Å². The maximum Gasteiger partial charge on any atom is 0.308 e. The molecule has 0 amide bonds. The lowest BCUT2D eigenvalue weighted by molar-refractivity contribution is -0.146. The molecule has 0 radical (unpaired) electrons. The van der Waals surface area contributed by atoms with E-state index in [0.717, 1.165) is 29.3 Å². The van der Waals surface area contributed by atoms with Crippen molar-refractivity contribution in [1.29, 1.82) is 0 Å². The summed E-state index contributed by atoms with van der Waals surface area (Å²) in [7, 11) is 0. The summed E-state index contributed by atoms with van der Waals surface area (Å²) in [6.07, 6.45) is 5.88. The van der Waals surface area contributed by atoms with Crippen LogP contribution >= 0.6 is 0 Å². The van der Waals surface area contributed by atoms with Crippen LogP contribution in [0, 0.1) is 5.92 Å². The van der Waals surface area contributed by atoms with E-state index in [1.54, 1.807) is 12.4 Å². The molecule has 5 heteroatoms. The topological polar surface area (TPSA) is 60.8 Å². The normalized spacial score (nSPS) is 15.7. The molecule has 0 aliphatic heterocycles. The highest BCUT2D eigenvalue weighted by molar-refractivity contribution is 5.97. The average Bonchev–Trinajstić information content (AvgIpc) is 3.40. The number of fused-ring (bicyclic) bond motifs is 1. The third-order valence-corrected chi connectivity index (χ3v) is 3.78. The number of benzene rings is 1. The van der Waals surface area contributed by atoms with Crippen molar-refractivity contribution in [3.63, 3.8) is 0 Å². The summed E-state index contributed by atoms with van der Waals surface area (Å²) in [5.41, 5.74) is 1.81. The van der Waals surface area contributed by atoms with E-state index >= 15 is 0 Å². The van der Waals surface area contributed by atoms with E-state index in [-0.39, 0.29) is 18.0 Å². The Kier molecular flexibility index (Phi) is 4.86. The van der Waals surface area contributed by atoms with E-state index in [9.17, 15) is 4.79 Å². The zero-order valence-corrected chi connectivity index (χ0v) is 13.1. The molecule has 1 unspecified atom stereocenters. The van der Waals surface area contributed by atoms with E-state index in [1.807, 2.05) is 37.3 Å². The lowest BCUT2D eigenvalue weighted by Gasteiger charge is -2.09. The fraction of sp³-hybridized carbons (Fsp3) is 0.389. The first-order valence-corrected chi connectivity index (χ1v) is 7.93. The van der Waals surface area contributed by atoms with Crippen LogP contribution < -0.4 is 0 Å². The number of oxime groups is 1. The van der Waals surface area contributed by atoms with Crippen LogP contribution in [-0.2, 0) is 14.4 Å². The number of hydrogen-bond acceptors (Lipinski definition) is 5. The number of carbonyl (C=O) groups is 1. The number of hydrogen-bond donors (Lipinski definition) is 0. The number of para-hydroxylation sites is 1. The van der Waals surface area contributed by atoms with Crippen LogP contribution in [0.5, 0.6) is 0 Å². The Morgan fingerprint density at radius 3 is 3.04 bits per heavy atom. The quantitative estimate of drug-likeness (QED) is 0.447. The van der Waals surface area contributed by atoms with Gasteiger partial charge in [-0.1, -0.05) is 29.4 Å². The predicted molar refractivity (Wildman–Crippen MR) is 88.2 cm³/mol. The second kappa shape index (κ2) is 7.22. The largest absolute Gasteiger partial charge is 0.465 e. The first-order chi connectivity index (χ1) is 11.2. The Hall–Kier alpha value is -2.43. The summed E-state index contributed by atoms with van der Waals surface area (Å²) < 4.78 is 5.18. The molecule has 0 N–H and O–H groups in total. The van der Waals surface area contributed by atoms with Crippen LogP contribution in [0.2, 0.25) is 0 Å². The molecule has 0 saturated heterocycles. The fourth-order valence-corrected chi connectivity index (χ4v) is 2.24. The molecule has 2 aromatic rings. The van der Waals surface area contributed by atoms with Gasteiger partial charge in [0.25, 0.3) is 0 Å². The third kappa shape index (κ3) is 4.28. The van der Waals surface area contributed by atoms with Crippen LogP contribution in [0.15, 0.2) is 41.7 Å².